The lowest BCUT2D eigenvalue weighted by molar-refractivity contribution is -0.116. The summed E-state index contributed by atoms with van der Waals surface area (Å²) in [5, 5.41) is 10.4. The molecular formula is C16H22N4O. The molecule has 1 aromatic heterocycles. The van der Waals surface area contributed by atoms with Gasteiger partial charge in [-0.15, -0.1) is 0 Å². The highest BCUT2D eigenvalue weighted by molar-refractivity contribution is 5.90. The number of carbonyl (C=O) groups excluding carboxylic acids is 1. The molecule has 1 heterocycles. The number of amides is 1. The van der Waals surface area contributed by atoms with Crippen molar-refractivity contribution >= 4 is 11.6 Å². The highest BCUT2D eigenvalue weighted by atomic mass is 16.1. The van der Waals surface area contributed by atoms with E-state index in [1.54, 1.807) is 10.9 Å². The summed E-state index contributed by atoms with van der Waals surface area (Å²) in [5.74, 6) is 0.0485. The van der Waals surface area contributed by atoms with Crippen LogP contribution in [0.25, 0.3) is 5.69 Å². The van der Waals surface area contributed by atoms with E-state index in [0.717, 1.165) is 24.3 Å². The fraction of sp³-hybridized carbons (Fsp3) is 0.375. The molecule has 0 unspecified atom stereocenters. The normalized spacial score (nSPS) is 10.8. The average Bonchev–Trinajstić information content (AvgIpc) is 2.98. The summed E-state index contributed by atoms with van der Waals surface area (Å²) in [6.45, 7) is 5.06. The largest absolute Gasteiger partial charge is 0.326 e. The Morgan fingerprint density at radius 1 is 1.29 bits per heavy atom. The number of aromatic nitrogens is 2. The van der Waals surface area contributed by atoms with Crippen LogP contribution in [0.1, 0.15) is 26.7 Å². The van der Waals surface area contributed by atoms with Crippen LogP contribution in [0, 0.1) is 0 Å². The van der Waals surface area contributed by atoms with Crippen molar-refractivity contribution in [3.05, 3.63) is 42.7 Å². The monoisotopic (exact) mass is 286 g/mol. The van der Waals surface area contributed by atoms with Crippen LogP contribution in [-0.2, 0) is 4.79 Å². The van der Waals surface area contributed by atoms with E-state index < -0.39 is 0 Å². The van der Waals surface area contributed by atoms with E-state index in [4.69, 9.17) is 0 Å². The van der Waals surface area contributed by atoms with Gasteiger partial charge in [-0.3, -0.25) is 4.79 Å². The minimum atomic E-state index is 0.0485. The molecule has 21 heavy (non-hydrogen) atoms. The van der Waals surface area contributed by atoms with Gasteiger partial charge in [-0.05, 0) is 43.3 Å². The molecule has 5 heteroatoms. The Kier molecular flexibility index (Phi) is 5.51. The second kappa shape index (κ2) is 7.59. The fourth-order valence-electron chi connectivity index (χ4n) is 1.98. The van der Waals surface area contributed by atoms with Crippen molar-refractivity contribution < 1.29 is 4.79 Å². The summed E-state index contributed by atoms with van der Waals surface area (Å²) < 4.78 is 1.78. The Bertz CT molecular complexity index is 546. The molecule has 1 amide bonds. The van der Waals surface area contributed by atoms with Gasteiger partial charge in [0.1, 0.15) is 0 Å². The zero-order chi connectivity index (χ0) is 15.1. The van der Waals surface area contributed by atoms with Gasteiger partial charge in [-0.1, -0.05) is 13.8 Å². The van der Waals surface area contributed by atoms with Crippen molar-refractivity contribution in [1.29, 1.82) is 0 Å². The van der Waals surface area contributed by atoms with Crippen LogP contribution in [0.3, 0.4) is 0 Å². The lowest BCUT2D eigenvalue weighted by Crippen LogP contribution is -2.24. The van der Waals surface area contributed by atoms with Crippen LogP contribution in [0.15, 0.2) is 42.7 Å². The van der Waals surface area contributed by atoms with Gasteiger partial charge < -0.3 is 10.6 Å². The van der Waals surface area contributed by atoms with Crippen molar-refractivity contribution in [3.8, 4) is 5.69 Å². The van der Waals surface area contributed by atoms with E-state index in [2.05, 4.69) is 29.6 Å². The Morgan fingerprint density at radius 2 is 2.05 bits per heavy atom. The maximum atomic E-state index is 11.8. The number of anilines is 1. The molecule has 0 saturated carbocycles. The molecule has 0 radical (unpaired) electrons. The minimum absolute atomic E-state index is 0.0485. The second-order valence-electron chi connectivity index (χ2n) is 5.26. The van der Waals surface area contributed by atoms with Crippen molar-refractivity contribution in [2.24, 2.45) is 0 Å². The van der Waals surface area contributed by atoms with Gasteiger partial charge in [0.15, 0.2) is 0 Å². The number of carbonyl (C=O) groups is 1. The summed E-state index contributed by atoms with van der Waals surface area (Å²) in [6, 6.07) is 9.98. The zero-order valence-electron chi connectivity index (χ0n) is 12.5. The van der Waals surface area contributed by atoms with E-state index in [-0.39, 0.29) is 5.91 Å². The number of benzene rings is 1. The van der Waals surface area contributed by atoms with E-state index >= 15 is 0 Å². The number of rotatable bonds is 7. The molecule has 112 valence electrons. The average molecular weight is 286 g/mol. The third-order valence-corrected chi connectivity index (χ3v) is 3.05. The Labute approximate surface area is 125 Å². The third-order valence-electron chi connectivity index (χ3n) is 3.05. The van der Waals surface area contributed by atoms with Crippen LogP contribution < -0.4 is 10.6 Å². The first-order chi connectivity index (χ1) is 10.1. The molecule has 0 bridgehead atoms. The zero-order valence-corrected chi connectivity index (χ0v) is 12.5. The van der Waals surface area contributed by atoms with Gasteiger partial charge in [0.2, 0.25) is 5.91 Å². The molecule has 1 aromatic carbocycles. The van der Waals surface area contributed by atoms with E-state index in [1.165, 1.54) is 0 Å². The van der Waals surface area contributed by atoms with E-state index in [1.807, 2.05) is 36.5 Å². The smallest absolute Gasteiger partial charge is 0.224 e. The lowest BCUT2D eigenvalue weighted by Gasteiger charge is -2.09. The van der Waals surface area contributed by atoms with Gasteiger partial charge in [-0.25, -0.2) is 4.68 Å². The molecule has 0 aliphatic heterocycles. The molecular weight excluding hydrogens is 264 g/mol. The molecule has 0 aliphatic rings. The molecule has 2 N–H and O–H groups in total. The van der Waals surface area contributed by atoms with Crippen LogP contribution >= 0.6 is 0 Å². The van der Waals surface area contributed by atoms with Gasteiger partial charge in [-0.2, -0.15) is 5.10 Å². The van der Waals surface area contributed by atoms with Crippen molar-refractivity contribution in [1.82, 2.24) is 15.1 Å². The summed E-state index contributed by atoms with van der Waals surface area (Å²) in [5.41, 5.74) is 1.78. The lowest BCUT2D eigenvalue weighted by atomic mass is 10.2. The predicted molar refractivity (Wildman–Crippen MR) is 84.6 cm³/mol. The standard InChI is InChI=1S/C16H22N4O/c1-13(2)17-10-3-5-16(21)19-14-6-8-15(9-7-14)20-12-4-11-18-20/h4,6-9,11-13,17H,3,5,10H2,1-2H3,(H,19,21). The Hall–Kier alpha value is -2.14. The molecule has 0 atom stereocenters. The molecule has 5 nitrogen and oxygen atoms in total. The quantitative estimate of drug-likeness (QED) is 0.769. The maximum absolute atomic E-state index is 11.8. The van der Waals surface area contributed by atoms with Crippen LogP contribution in [0.4, 0.5) is 5.69 Å². The molecule has 0 aliphatic carbocycles. The maximum Gasteiger partial charge on any atom is 0.224 e. The number of nitrogens with one attached hydrogen (secondary N) is 2. The first-order valence-corrected chi connectivity index (χ1v) is 7.28. The minimum Gasteiger partial charge on any atom is -0.326 e. The van der Waals surface area contributed by atoms with Gasteiger partial charge in [0.05, 0.1) is 5.69 Å². The second-order valence-corrected chi connectivity index (χ2v) is 5.26. The molecule has 0 saturated heterocycles. The van der Waals surface area contributed by atoms with Gasteiger partial charge in [0, 0.05) is 30.5 Å². The van der Waals surface area contributed by atoms with Gasteiger partial charge >= 0.3 is 0 Å². The van der Waals surface area contributed by atoms with Crippen LogP contribution in [0.2, 0.25) is 0 Å². The third kappa shape index (κ3) is 5.04. The first-order valence-electron chi connectivity index (χ1n) is 7.28. The topological polar surface area (TPSA) is 59.0 Å². The highest BCUT2D eigenvalue weighted by Crippen LogP contribution is 2.12. The van der Waals surface area contributed by atoms with E-state index in [0.29, 0.717) is 12.5 Å². The molecule has 0 fully saturated rings. The Balaban J connectivity index is 1.79. The van der Waals surface area contributed by atoms with Crippen molar-refractivity contribution in [3.63, 3.8) is 0 Å². The predicted octanol–water partition coefficient (Wildman–Crippen LogP) is 2.59. The highest BCUT2D eigenvalue weighted by Gasteiger charge is 2.03. The van der Waals surface area contributed by atoms with Crippen molar-refractivity contribution in [2.75, 3.05) is 11.9 Å². The van der Waals surface area contributed by atoms with Crippen molar-refractivity contribution in [2.45, 2.75) is 32.7 Å². The number of hydrogen-bond donors (Lipinski definition) is 2. The molecule has 0 spiro atoms. The summed E-state index contributed by atoms with van der Waals surface area (Å²) in [6.07, 6.45) is 4.99. The Morgan fingerprint density at radius 3 is 2.67 bits per heavy atom. The summed E-state index contributed by atoms with van der Waals surface area (Å²) >= 11 is 0. The first kappa shape index (κ1) is 15.3. The molecule has 2 rings (SSSR count). The number of nitrogens with zero attached hydrogens (tertiary/aromatic N) is 2. The molecule has 2 aromatic rings. The van der Waals surface area contributed by atoms with Crippen LogP contribution in [-0.4, -0.2) is 28.3 Å². The fourth-order valence-corrected chi connectivity index (χ4v) is 1.98. The summed E-state index contributed by atoms with van der Waals surface area (Å²) in [4.78, 5) is 11.8. The van der Waals surface area contributed by atoms with Gasteiger partial charge in [0.25, 0.3) is 0 Å². The summed E-state index contributed by atoms with van der Waals surface area (Å²) in [7, 11) is 0. The van der Waals surface area contributed by atoms with E-state index in [9.17, 15) is 4.79 Å². The number of hydrogen-bond acceptors (Lipinski definition) is 3. The van der Waals surface area contributed by atoms with Crippen LogP contribution in [0.5, 0.6) is 0 Å². The SMILES string of the molecule is CC(C)NCCCC(=O)Nc1ccc(-n2cccn2)cc1.